The lowest BCUT2D eigenvalue weighted by Crippen LogP contribution is -2.45. The maximum atomic E-state index is 13.0. The molecule has 1 aliphatic heterocycles. The Morgan fingerprint density at radius 1 is 1.55 bits per heavy atom. The number of rotatable bonds is 3. The molecule has 2 atom stereocenters. The van der Waals surface area contributed by atoms with Crippen molar-refractivity contribution >= 4 is 21.8 Å². The molecule has 110 valence electrons. The van der Waals surface area contributed by atoms with E-state index in [1.807, 2.05) is 4.90 Å². The van der Waals surface area contributed by atoms with E-state index in [1.54, 1.807) is 6.92 Å². The molecular formula is C15H19BrFNO2. The lowest BCUT2D eigenvalue weighted by Gasteiger charge is -2.32. The molecule has 1 aromatic carbocycles. The summed E-state index contributed by atoms with van der Waals surface area (Å²) in [4.78, 5) is 14.2. The summed E-state index contributed by atoms with van der Waals surface area (Å²) in [7, 11) is 0. The monoisotopic (exact) mass is 343 g/mol. The van der Waals surface area contributed by atoms with E-state index in [-0.39, 0.29) is 11.7 Å². The normalized spacial score (nSPS) is 20.6. The van der Waals surface area contributed by atoms with Crippen LogP contribution in [0.5, 0.6) is 5.75 Å². The second-order valence-corrected chi connectivity index (χ2v) is 6.22. The number of benzene rings is 1. The smallest absolute Gasteiger partial charge is 0.263 e. The maximum Gasteiger partial charge on any atom is 0.263 e. The van der Waals surface area contributed by atoms with Crippen LogP contribution in [0.15, 0.2) is 22.7 Å². The first-order valence-electron chi connectivity index (χ1n) is 6.88. The van der Waals surface area contributed by atoms with Gasteiger partial charge in [-0.3, -0.25) is 4.79 Å². The molecule has 5 heteroatoms. The fourth-order valence-corrected chi connectivity index (χ4v) is 2.90. The molecule has 0 spiro atoms. The minimum absolute atomic E-state index is 0.00669. The second kappa shape index (κ2) is 6.57. The summed E-state index contributed by atoms with van der Waals surface area (Å²) in [6.07, 6.45) is 1.64. The van der Waals surface area contributed by atoms with Crippen LogP contribution in [0, 0.1) is 11.7 Å². The SMILES string of the molecule is CC1CCCN(C(=O)C(C)Oc2ccc(F)cc2Br)C1. The lowest BCUT2D eigenvalue weighted by atomic mass is 10.00. The fraction of sp³-hybridized carbons (Fsp3) is 0.533. The molecule has 3 nitrogen and oxygen atoms in total. The molecule has 0 radical (unpaired) electrons. The van der Waals surface area contributed by atoms with E-state index >= 15 is 0 Å². The molecule has 2 rings (SSSR count). The van der Waals surface area contributed by atoms with Crippen LogP contribution in [0.4, 0.5) is 4.39 Å². The molecule has 1 aliphatic rings. The zero-order valence-corrected chi connectivity index (χ0v) is 13.3. The second-order valence-electron chi connectivity index (χ2n) is 5.37. The van der Waals surface area contributed by atoms with E-state index in [0.29, 0.717) is 16.1 Å². The molecule has 2 unspecified atom stereocenters. The quantitative estimate of drug-likeness (QED) is 0.838. The van der Waals surface area contributed by atoms with Gasteiger partial charge in [-0.05, 0) is 59.8 Å². The van der Waals surface area contributed by atoms with Gasteiger partial charge in [0.1, 0.15) is 11.6 Å². The number of carbonyl (C=O) groups excluding carboxylic acids is 1. The predicted octanol–water partition coefficient (Wildman–Crippen LogP) is 3.61. The van der Waals surface area contributed by atoms with Gasteiger partial charge in [-0.15, -0.1) is 0 Å². The minimum atomic E-state index is -0.568. The zero-order valence-electron chi connectivity index (χ0n) is 11.7. The summed E-state index contributed by atoms with van der Waals surface area (Å²) < 4.78 is 19.2. The van der Waals surface area contributed by atoms with Gasteiger partial charge in [0, 0.05) is 13.1 Å². The summed E-state index contributed by atoms with van der Waals surface area (Å²) in [5, 5.41) is 0. The summed E-state index contributed by atoms with van der Waals surface area (Å²) in [6.45, 7) is 5.47. The predicted molar refractivity (Wildman–Crippen MR) is 79.2 cm³/mol. The van der Waals surface area contributed by atoms with Crippen molar-refractivity contribution in [3.05, 3.63) is 28.5 Å². The van der Waals surface area contributed by atoms with Gasteiger partial charge >= 0.3 is 0 Å². The molecule has 0 bridgehead atoms. The van der Waals surface area contributed by atoms with E-state index in [2.05, 4.69) is 22.9 Å². The average molecular weight is 344 g/mol. The molecule has 1 fully saturated rings. The van der Waals surface area contributed by atoms with E-state index in [1.165, 1.54) is 24.6 Å². The van der Waals surface area contributed by atoms with Gasteiger partial charge in [-0.1, -0.05) is 6.92 Å². The molecule has 0 saturated carbocycles. The highest BCUT2D eigenvalue weighted by molar-refractivity contribution is 9.10. The number of nitrogens with zero attached hydrogens (tertiary/aromatic N) is 1. The van der Waals surface area contributed by atoms with Crippen molar-refractivity contribution in [2.75, 3.05) is 13.1 Å². The standard InChI is InChI=1S/C15H19BrFNO2/c1-10-4-3-7-18(9-10)15(19)11(2)20-14-6-5-12(17)8-13(14)16/h5-6,8,10-11H,3-4,7,9H2,1-2H3. The Morgan fingerprint density at radius 3 is 2.95 bits per heavy atom. The number of halogens is 2. The topological polar surface area (TPSA) is 29.5 Å². The van der Waals surface area contributed by atoms with Crippen LogP contribution in [0.3, 0.4) is 0 Å². The molecule has 1 aromatic rings. The van der Waals surface area contributed by atoms with Gasteiger partial charge < -0.3 is 9.64 Å². The van der Waals surface area contributed by atoms with Crippen LogP contribution >= 0.6 is 15.9 Å². The van der Waals surface area contributed by atoms with Crippen LogP contribution in [-0.4, -0.2) is 30.0 Å². The van der Waals surface area contributed by atoms with Crippen LogP contribution in [-0.2, 0) is 4.79 Å². The Balaban J connectivity index is 2.00. The van der Waals surface area contributed by atoms with Crippen LogP contribution in [0.25, 0.3) is 0 Å². The molecular weight excluding hydrogens is 325 g/mol. The minimum Gasteiger partial charge on any atom is -0.480 e. The summed E-state index contributed by atoms with van der Waals surface area (Å²) in [6, 6.07) is 4.18. The van der Waals surface area contributed by atoms with Gasteiger partial charge in [-0.2, -0.15) is 0 Å². The van der Waals surface area contributed by atoms with Crippen LogP contribution < -0.4 is 4.74 Å². The van der Waals surface area contributed by atoms with Gasteiger partial charge in [-0.25, -0.2) is 4.39 Å². The Kier molecular flexibility index (Phi) is 5.02. The van der Waals surface area contributed by atoms with Crippen LogP contribution in [0.1, 0.15) is 26.7 Å². The number of carbonyl (C=O) groups is 1. The van der Waals surface area contributed by atoms with Crippen molar-refractivity contribution in [2.24, 2.45) is 5.92 Å². The Labute approximate surface area is 127 Å². The molecule has 1 heterocycles. The highest BCUT2D eigenvalue weighted by Crippen LogP contribution is 2.27. The largest absolute Gasteiger partial charge is 0.480 e. The summed E-state index contributed by atoms with van der Waals surface area (Å²) >= 11 is 3.24. The first kappa shape index (κ1) is 15.3. The van der Waals surface area contributed by atoms with Crippen molar-refractivity contribution < 1.29 is 13.9 Å². The first-order valence-corrected chi connectivity index (χ1v) is 7.67. The Hall–Kier alpha value is -1.10. The number of hydrogen-bond donors (Lipinski definition) is 0. The number of likely N-dealkylation sites (tertiary alicyclic amines) is 1. The summed E-state index contributed by atoms with van der Waals surface area (Å²) in [5.41, 5.74) is 0. The lowest BCUT2D eigenvalue weighted by molar-refractivity contribution is -0.139. The van der Waals surface area contributed by atoms with Gasteiger partial charge in [0.15, 0.2) is 6.10 Å². The number of piperidine rings is 1. The fourth-order valence-electron chi connectivity index (χ4n) is 2.46. The first-order chi connectivity index (χ1) is 9.47. The average Bonchev–Trinajstić information content (AvgIpc) is 2.41. The van der Waals surface area contributed by atoms with E-state index in [0.717, 1.165) is 19.5 Å². The molecule has 1 saturated heterocycles. The molecule has 1 amide bonds. The molecule has 20 heavy (non-hydrogen) atoms. The number of hydrogen-bond acceptors (Lipinski definition) is 2. The van der Waals surface area contributed by atoms with Crippen molar-refractivity contribution in [1.29, 1.82) is 0 Å². The molecule has 0 aromatic heterocycles. The third-order valence-corrected chi connectivity index (χ3v) is 4.13. The summed E-state index contributed by atoms with van der Waals surface area (Å²) in [5.74, 6) is 0.676. The Bertz CT molecular complexity index is 495. The molecule has 0 N–H and O–H groups in total. The molecule has 0 aliphatic carbocycles. The van der Waals surface area contributed by atoms with Gasteiger partial charge in [0.25, 0.3) is 5.91 Å². The van der Waals surface area contributed by atoms with Crippen LogP contribution in [0.2, 0.25) is 0 Å². The van der Waals surface area contributed by atoms with Crippen molar-refractivity contribution in [2.45, 2.75) is 32.8 Å². The number of amides is 1. The van der Waals surface area contributed by atoms with Gasteiger partial charge in [0.2, 0.25) is 0 Å². The highest BCUT2D eigenvalue weighted by Gasteiger charge is 2.26. The number of ether oxygens (including phenoxy) is 1. The van der Waals surface area contributed by atoms with Crippen molar-refractivity contribution in [3.8, 4) is 5.75 Å². The maximum absolute atomic E-state index is 13.0. The Morgan fingerprint density at radius 2 is 2.30 bits per heavy atom. The third-order valence-electron chi connectivity index (χ3n) is 3.51. The highest BCUT2D eigenvalue weighted by atomic mass is 79.9. The zero-order chi connectivity index (χ0) is 14.7. The van der Waals surface area contributed by atoms with Gasteiger partial charge in [0.05, 0.1) is 4.47 Å². The van der Waals surface area contributed by atoms with E-state index in [4.69, 9.17) is 4.74 Å². The van der Waals surface area contributed by atoms with Crippen molar-refractivity contribution in [1.82, 2.24) is 4.90 Å². The van der Waals surface area contributed by atoms with E-state index < -0.39 is 6.10 Å². The van der Waals surface area contributed by atoms with Crippen molar-refractivity contribution in [3.63, 3.8) is 0 Å². The third kappa shape index (κ3) is 3.72. The van der Waals surface area contributed by atoms with E-state index in [9.17, 15) is 9.18 Å².